The van der Waals surface area contributed by atoms with E-state index in [2.05, 4.69) is 36.1 Å². The standard InChI is InChI=1S/C21H24ClNO/c1-16-5-4-6-17(13-16)14-21(24)23-12-3-2-7-19(15-23)18-8-10-20(22)11-9-18/h4-6,8-11,13,19H,2-3,7,12,14-15H2,1H3. The normalized spacial score (nSPS) is 18.2. The van der Waals surface area contributed by atoms with E-state index in [1.807, 2.05) is 24.3 Å². The number of likely N-dealkylation sites (tertiary alicyclic amines) is 1. The molecule has 1 aliphatic rings. The summed E-state index contributed by atoms with van der Waals surface area (Å²) in [5, 5.41) is 0.764. The first-order valence-electron chi connectivity index (χ1n) is 8.70. The third-order valence-corrected chi connectivity index (χ3v) is 5.06. The molecule has 0 bridgehead atoms. The lowest BCUT2D eigenvalue weighted by molar-refractivity contribution is -0.130. The van der Waals surface area contributed by atoms with Gasteiger partial charge in [-0.1, -0.05) is 60.0 Å². The van der Waals surface area contributed by atoms with Crippen molar-refractivity contribution >= 4 is 17.5 Å². The van der Waals surface area contributed by atoms with Crippen molar-refractivity contribution in [3.05, 3.63) is 70.2 Å². The number of hydrogen-bond acceptors (Lipinski definition) is 1. The molecule has 126 valence electrons. The second kappa shape index (κ2) is 7.85. The molecule has 1 heterocycles. The van der Waals surface area contributed by atoms with Gasteiger partial charge < -0.3 is 4.90 Å². The minimum Gasteiger partial charge on any atom is -0.342 e. The average Bonchev–Trinajstić information content (AvgIpc) is 2.82. The Morgan fingerprint density at radius 3 is 2.71 bits per heavy atom. The number of carbonyl (C=O) groups is 1. The fourth-order valence-corrected chi connectivity index (χ4v) is 3.61. The van der Waals surface area contributed by atoms with Gasteiger partial charge in [-0.25, -0.2) is 0 Å². The molecule has 2 aromatic rings. The third kappa shape index (κ3) is 4.39. The van der Waals surface area contributed by atoms with Crippen LogP contribution in [0.15, 0.2) is 48.5 Å². The summed E-state index contributed by atoms with van der Waals surface area (Å²) in [6.07, 6.45) is 3.88. The van der Waals surface area contributed by atoms with E-state index >= 15 is 0 Å². The first kappa shape index (κ1) is 17.0. The van der Waals surface area contributed by atoms with E-state index in [0.717, 1.165) is 36.5 Å². The summed E-state index contributed by atoms with van der Waals surface area (Å²) < 4.78 is 0. The smallest absolute Gasteiger partial charge is 0.227 e. The number of carbonyl (C=O) groups excluding carboxylic acids is 1. The molecule has 2 aromatic carbocycles. The second-order valence-corrected chi connectivity index (χ2v) is 7.19. The molecule has 1 atom stereocenters. The Hall–Kier alpha value is -1.80. The largest absolute Gasteiger partial charge is 0.342 e. The molecule has 1 aliphatic heterocycles. The summed E-state index contributed by atoms with van der Waals surface area (Å²) in [7, 11) is 0. The molecule has 3 heteroatoms. The number of hydrogen-bond donors (Lipinski definition) is 0. The lowest BCUT2D eigenvalue weighted by Gasteiger charge is -2.25. The molecule has 1 amide bonds. The van der Waals surface area contributed by atoms with Gasteiger partial charge >= 0.3 is 0 Å². The van der Waals surface area contributed by atoms with Gasteiger partial charge in [-0.2, -0.15) is 0 Å². The van der Waals surface area contributed by atoms with Crippen molar-refractivity contribution in [2.24, 2.45) is 0 Å². The molecule has 0 saturated carbocycles. The van der Waals surface area contributed by atoms with Gasteiger partial charge in [0.25, 0.3) is 0 Å². The highest BCUT2D eigenvalue weighted by molar-refractivity contribution is 6.30. The zero-order chi connectivity index (χ0) is 16.9. The van der Waals surface area contributed by atoms with Crippen LogP contribution in [0.4, 0.5) is 0 Å². The van der Waals surface area contributed by atoms with Crippen molar-refractivity contribution in [3.63, 3.8) is 0 Å². The van der Waals surface area contributed by atoms with Crippen molar-refractivity contribution in [2.75, 3.05) is 13.1 Å². The Morgan fingerprint density at radius 1 is 1.17 bits per heavy atom. The summed E-state index contributed by atoms with van der Waals surface area (Å²) in [5.74, 6) is 0.646. The maximum atomic E-state index is 12.8. The van der Waals surface area contributed by atoms with Gasteiger partial charge in [0.2, 0.25) is 5.91 Å². The van der Waals surface area contributed by atoms with E-state index in [1.165, 1.54) is 17.5 Å². The van der Waals surface area contributed by atoms with E-state index in [0.29, 0.717) is 12.3 Å². The minimum atomic E-state index is 0.237. The van der Waals surface area contributed by atoms with Crippen LogP contribution in [0.3, 0.4) is 0 Å². The van der Waals surface area contributed by atoms with E-state index in [-0.39, 0.29) is 5.91 Å². The van der Waals surface area contributed by atoms with E-state index in [4.69, 9.17) is 11.6 Å². The lowest BCUT2D eigenvalue weighted by Crippen LogP contribution is -2.35. The predicted molar refractivity (Wildman–Crippen MR) is 99.5 cm³/mol. The summed E-state index contributed by atoms with van der Waals surface area (Å²) in [5.41, 5.74) is 3.59. The quantitative estimate of drug-likeness (QED) is 0.770. The molecule has 1 unspecified atom stereocenters. The zero-order valence-corrected chi connectivity index (χ0v) is 14.9. The van der Waals surface area contributed by atoms with Crippen LogP contribution in [0.1, 0.15) is 41.9 Å². The predicted octanol–water partition coefficient (Wildman–Crippen LogP) is 4.99. The highest BCUT2D eigenvalue weighted by Crippen LogP contribution is 2.27. The van der Waals surface area contributed by atoms with Gasteiger partial charge in [-0.05, 0) is 43.0 Å². The van der Waals surface area contributed by atoms with Crippen LogP contribution in [-0.2, 0) is 11.2 Å². The van der Waals surface area contributed by atoms with Crippen molar-refractivity contribution in [2.45, 2.75) is 38.5 Å². The molecule has 0 aromatic heterocycles. The Morgan fingerprint density at radius 2 is 1.96 bits per heavy atom. The van der Waals surface area contributed by atoms with Gasteiger partial charge in [0.05, 0.1) is 6.42 Å². The van der Waals surface area contributed by atoms with E-state index in [1.54, 1.807) is 0 Å². The molecule has 0 aliphatic carbocycles. The first-order valence-corrected chi connectivity index (χ1v) is 9.08. The third-order valence-electron chi connectivity index (χ3n) is 4.80. The molecule has 24 heavy (non-hydrogen) atoms. The lowest BCUT2D eigenvalue weighted by atomic mass is 9.94. The molecule has 0 N–H and O–H groups in total. The van der Waals surface area contributed by atoms with Crippen molar-refractivity contribution in [3.8, 4) is 0 Å². The van der Waals surface area contributed by atoms with E-state index < -0.39 is 0 Å². The summed E-state index contributed by atoms with van der Waals surface area (Å²) in [4.78, 5) is 14.8. The number of benzene rings is 2. The van der Waals surface area contributed by atoms with Crippen LogP contribution in [0.5, 0.6) is 0 Å². The molecular formula is C21H24ClNO. The molecular weight excluding hydrogens is 318 g/mol. The maximum absolute atomic E-state index is 12.8. The second-order valence-electron chi connectivity index (χ2n) is 6.75. The van der Waals surface area contributed by atoms with Crippen LogP contribution < -0.4 is 0 Å². The highest BCUT2D eigenvalue weighted by Gasteiger charge is 2.23. The summed E-state index contributed by atoms with van der Waals surface area (Å²) in [6.45, 7) is 3.75. The fourth-order valence-electron chi connectivity index (χ4n) is 3.48. The van der Waals surface area contributed by atoms with Crippen molar-refractivity contribution < 1.29 is 4.79 Å². The minimum absolute atomic E-state index is 0.237. The van der Waals surface area contributed by atoms with Crippen molar-refractivity contribution in [1.82, 2.24) is 4.90 Å². The van der Waals surface area contributed by atoms with Crippen molar-refractivity contribution in [1.29, 1.82) is 0 Å². The zero-order valence-electron chi connectivity index (χ0n) is 14.2. The van der Waals surface area contributed by atoms with Gasteiger partial charge in [-0.3, -0.25) is 4.79 Å². The van der Waals surface area contributed by atoms with Crippen LogP contribution >= 0.6 is 11.6 Å². The SMILES string of the molecule is Cc1cccc(CC(=O)N2CCCCC(c3ccc(Cl)cc3)C2)c1. The summed E-state index contributed by atoms with van der Waals surface area (Å²) in [6, 6.07) is 16.3. The Kier molecular flexibility index (Phi) is 5.57. The van der Waals surface area contributed by atoms with Gasteiger partial charge in [0, 0.05) is 24.0 Å². The number of aryl methyl sites for hydroxylation is 1. The van der Waals surface area contributed by atoms with Crippen LogP contribution in [-0.4, -0.2) is 23.9 Å². The van der Waals surface area contributed by atoms with Gasteiger partial charge in [0.1, 0.15) is 0 Å². The monoisotopic (exact) mass is 341 g/mol. The maximum Gasteiger partial charge on any atom is 0.227 e. The topological polar surface area (TPSA) is 20.3 Å². The number of halogens is 1. The Bertz CT molecular complexity index is 695. The number of nitrogens with zero attached hydrogens (tertiary/aromatic N) is 1. The number of rotatable bonds is 3. The summed E-state index contributed by atoms with van der Waals surface area (Å²) >= 11 is 6.00. The Balaban J connectivity index is 1.70. The van der Waals surface area contributed by atoms with Gasteiger partial charge in [0.15, 0.2) is 0 Å². The molecule has 1 fully saturated rings. The van der Waals surface area contributed by atoms with Crippen LogP contribution in [0, 0.1) is 6.92 Å². The van der Waals surface area contributed by atoms with E-state index in [9.17, 15) is 4.79 Å². The van der Waals surface area contributed by atoms with Crippen LogP contribution in [0.25, 0.3) is 0 Å². The fraction of sp³-hybridized carbons (Fsp3) is 0.381. The molecule has 0 spiro atoms. The van der Waals surface area contributed by atoms with Gasteiger partial charge in [-0.15, -0.1) is 0 Å². The van der Waals surface area contributed by atoms with Crippen LogP contribution in [0.2, 0.25) is 5.02 Å². The molecule has 0 radical (unpaired) electrons. The molecule has 1 saturated heterocycles. The highest BCUT2D eigenvalue weighted by atomic mass is 35.5. The molecule has 2 nitrogen and oxygen atoms in total. The average molecular weight is 342 g/mol. The Labute approximate surface area is 149 Å². The molecule has 3 rings (SSSR count). The first-order chi connectivity index (χ1) is 11.6. The number of amides is 1.